The van der Waals surface area contributed by atoms with Crippen LogP contribution in [0.5, 0.6) is 0 Å². The highest BCUT2D eigenvalue weighted by Gasteiger charge is 2.23. The lowest BCUT2D eigenvalue weighted by molar-refractivity contribution is 0.121. The number of ether oxygens (including phenoxy) is 1. The fourth-order valence-corrected chi connectivity index (χ4v) is 4.49. The highest BCUT2D eigenvalue weighted by atomic mass is 32.1. The van der Waals surface area contributed by atoms with Crippen molar-refractivity contribution in [2.75, 3.05) is 5.32 Å². The van der Waals surface area contributed by atoms with Crippen molar-refractivity contribution in [3.8, 4) is 22.4 Å². The van der Waals surface area contributed by atoms with E-state index in [4.69, 9.17) is 4.74 Å². The van der Waals surface area contributed by atoms with Crippen LogP contribution in [0.4, 0.5) is 9.80 Å². The van der Waals surface area contributed by atoms with Crippen molar-refractivity contribution in [3.63, 3.8) is 0 Å². The normalized spacial score (nSPS) is 14.0. The van der Waals surface area contributed by atoms with Gasteiger partial charge in [0.05, 0.1) is 5.51 Å². The summed E-state index contributed by atoms with van der Waals surface area (Å²) in [5, 5.41) is 3.53. The number of aromatic nitrogens is 1. The molecule has 32 heavy (non-hydrogen) atoms. The van der Waals surface area contributed by atoms with E-state index in [0.29, 0.717) is 5.00 Å². The topological polar surface area (TPSA) is 51.2 Å². The lowest BCUT2D eigenvalue weighted by Gasteiger charge is -2.14. The molecule has 0 aliphatic heterocycles. The molecule has 1 aliphatic rings. The number of hydrogen-bond acceptors (Lipinski definition) is 4. The van der Waals surface area contributed by atoms with Crippen molar-refractivity contribution in [2.45, 2.75) is 31.8 Å². The second-order valence-electron chi connectivity index (χ2n) is 8.09. The number of rotatable bonds is 6. The number of carbonyl (C=O) groups is 1. The Bertz CT molecular complexity index is 1200. The summed E-state index contributed by atoms with van der Waals surface area (Å²) < 4.78 is 5.54. The van der Waals surface area contributed by atoms with Gasteiger partial charge in [0.2, 0.25) is 0 Å². The maximum atomic E-state index is 12.4. The van der Waals surface area contributed by atoms with Gasteiger partial charge in [-0.05, 0) is 47.9 Å². The van der Waals surface area contributed by atoms with Gasteiger partial charge in [-0.3, -0.25) is 5.32 Å². The van der Waals surface area contributed by atoms with E-state index in [2.05, 4.69) is 46.7 Å². The number of nitrogens with one attached hydrogen (secondary N) is 1. The summed E-state index contributed by atoms with van der Waals surface area (Å²) in [4.78, 5) is 16.9. The van der Waals surface area contributed by atoms with E-state index in [1.54, 1.807) is 5.51 Å². The molecule has 1 aliphatic carbocycles. The summed E-state index contributed by atoms with van der Waals surface area (Å²) in [5.74, 6) is 0.768. The summed E-state index contributed by atoms with van der Waals surface area (Å²) in [6.45, 7) is 1.86. The first-order valence-corrected chi connectivity index (χ1v) is 11.7. The molecule has 3 aromatic carbocycles. The zero-order valence-corrected chi connectivity index (χ0v) is 18.6. The Kier molecular flexibility index (Phi) is 5.73. The minimum atomic E-state index is -0.487. The fourth-order valence-electron chi connectivity index (χ4n) is 3.80. The van der Waals surface area contributed by atoms with E-state index < -0.39 is 6.09 Å². The number of hydrogen-bond donors (Lipinski definition) is 1. The van der Waals surface area contributed by atoms with Gasteiger partial charge in [0.25, 0.3) is 0 Å². The van der Waals surface area contributed by atoms with Crippen molar-refractivity contribution in [3.05, 3.63) is 95.5 Å². The van der Waals surface area contributed by atoms with Crippen molar-refractivity contribution in [1.82, 2.24) is 4.98 Å². The van der Waals surface area contributed by atoms with Gasteiger partial charge in [-0.25, -0.2) is 9.78 Å². The number of amides is 1. The number of anilines is 1. The van der Waals surface area contributed by atoms with Gasteiger partial charge in [-0.15, -0.1) is 11.3 Å². The Labute approximate surface area is 191 Å². The molecule has 5 heteroatoms. The minimum absolute atomic E-state index is 0.335. The zero-order valence-electron chi connectivity index (χ0n) is 17.8. The number of nitrogens with zero attached hydrogens (tertiary/aromatic N) is 1. The van der Waals surface area contributed by atoms with E-state index >= 15 is 0 Å². The molecule has 1 atom stereocenters. The van der Waals surface area contributed by atoms with Crippen LogP contribution in [0.3, 0.4) is 0 Å². The van der Waals surface area contributed by atoms with Crippen LogP contribution < -0.4 is 5.32 Å². The smallest absolute Gasteiger partial charge is 0.412 e. The average Bonchev–Trinajstić information content (AvgIpc) is 3.59. The summed E-state index contributed by atoms with van der Waals surface area (Å²) in [7, 11) is 0. The molecule has 0 unspecified atom stereocenters. The van der Waals surface area contributed by atoms with Crippen LogP contribution in [0, 0.1) is 0 Å². The molecule has 160 valence electrons. The number of thiazole rings is 1. The first kappa shape index (κ1) is 20.5. The molecule has 0 saturated heterocycles. The highest BCUT2D eigenvalue weighted by Crippen LogP contribution is 2.40. The second kappa shape index (κ2) is 8.97. The van der Waals surface area contributed by atoms with E-state index in [0.717, 1.165) is 28.3 Å². The first-order chi connectivity index (χ1) is 15.7. The van der Waals surface area contributed by atoms with E-state index in [-0.39, 0.29) is 6.10 Å². The van der Waals surface area contributed by atoms with Gasteiger partial charge < -0.3 is 4.74 Å². The van der Waals surface area contributed by atoms with Crippen molar-refractivity contribution >= 4 is 22.4 Å². The number of carbonyl (C=O) groups excluding carboxylic acids is 1. The van der Waals surface area contributed by atoms with Gasteiger partial charge in [-0.2, -0.15) is 0 Å². The zero-order chi connectivity index (χ0) is 21.9. The molecular formula is C27H24N2O2S. The largest absolute Gasteiger partial charge is 0.441 e. The van der Waals surface area contributed by atoms with Crippen LogP contribution in [0.1, 0.15) is 42.9 Å². The average molecular weight is 441 g/mol. The third kappa shape index (κ3) is 4.58. The molecule has 1 fully saturated rings. The Morgan fingerprint density at radius 1 is 0.938 bits per heavy atom. The van der Waals surface area contributed by atoms with Crippen LogP contribution >= 0.6 is 11.3 Å². The van der Waals surface area contributed by atoms with Crippen molar-refractivity contribution < 1.29 is 9.53 Å². The Morgan fingerprint density at radius 2 is 1.56 bits per heavy atom. The lowest BCUT2D eigenvalue weighted by Crippen LogP contribution is -2.15. The van der Waals surface area contributed by atoms with Gasteiger partial charge in [0.1, 0.15) is 16.8 Å². The summed E-state index contributed by atoms with van der Waals surface area (Å²) in [5.41, 5.74) is 8.19. The molecule has 4 nitrogen and oxygen atoms in total. The number of benzene rings is 3. The molecule has 1 heterocycles. The molecular weight excluding hydrogens is 416 g/mol. The second-order valence-corrected chi connectivity index (χ2v) is 8.94. The Balaban J connectivity index is 1.27. The van der Waals surface area contributed by atoms with Crippen molar-refractivity contribution in [2.24, 2.45) is 0 Å². The first-order valence-electron chi connectivity index (χ1n) is 10.8. The van der Waals surface area contributed by atoms with Crippen LogP contribution in [-0.2, 0) is 4.74 Å². The predicted octanol–water partition coefficient (Wildman–Crippen LogP) is 7.66. The standard InChI is InChI=1S/C27H24N2O2S/c1-18(19-5-3-2-4-6-19)31-27(30)29-26-25(28-17-32-26)24-15-13-23(14-16-24)22-11-9-21(10-12-22)20-7-8-20/h2-6,9-18,20H,7-8H2,1H3,(H,29,30)/t18-/m1/s1. The van der Waals surface area contributed by atoms with Crippen LogP contribution in [-0.4, -0.2) is 11.1 Å². The summed E-state index contributed by atoms with van der Waals surface area (Å²) in [6.07, 6.45) is 1.81. The Hall–Kier alpha value is -3.44. The van der Waals surface area contributed by atoms with Crippen LogP contribution in [0.25, 0.3) is 22.4 Å². The third-order valence-corrected chi connectivity index (χ3v) is 6.53. The molecule has 5 rings (SSSR count). The van der Waals surface area contributed by atoms with E-state index in [1.807, 2.05) is 49.4 Å². The van der Waals surface area contributed by atoms with E-state index in [9.17, 15) is 4.79 Å². The molecule has 1 saturated carbocycles. The van der Waals surface area contributed by atoms with Crippen molar-refractivity contribution in [1.29, 1.82) is 0 Å². The SMILES string of the molecule is C[C@@H](OC(=O)Nc1scnc1-c1ccc(-c2ccc(C3CC3)cc2)cc1)c1ccccc1. The van der Waals surface area contributed by atoms with Gasteiger partial charge in [-0.1, -0.05) is 78.9 Å². The lowest BCUT2D eigenvalue weighted by atomic mass is 10.0. The molecule has 0 radical (unpaired) electrons. The minimum Gasteiger partial charge on any atom is -0.441 e. The third-order valence-electron chi connectivity index (χ3n) is 5.79. The molecule has 4 aromatic rings. The Morgan fingerprint density at radius 3 is 2.22 bits per heavy atom. The highest BCUT2D eigenvalue weighted by molar-refractivity contribution is 7.14. The van der Waals surface area contributed by atoms with Gasteiger partial charge in [0.15, 0.2) is 0 Å². The maximum Gasteiger partial charge on any atom is 0.412 e. The fraction of sp³-hybridized carbons (Fsp3) is 0.185. The monoisotopic (exact) mass is 440 g/mol. The molecule has 0 bridgehead atoms. The molecule has 1 amide bonds. The van der Waals surface area contributed by atoms with E-state index in [1.165, 1.54) is 35.3 Å². The van der Waals surface area contributed by atoms with Crippen LogP contribution in [0.15, 0.2) is 84.4 Å². The van der Waals surface area contributed by atoms with Gasteiger partial charge >= 0.3 is 6.09 Å². The maximum absolute atomic E-state index is 12.4. The van der Waals surface area contributed by atoms with Gasteiger partial charge in [0, 0.05) is 5.56 Å². The molecule has 0 spiro atoms. The quantitative estimate of drug-likeness (QED) is 0.335. The molecule has 1 N–H and O–H groups in total. The predicted molar refractivity (Wildman–Crippen MR) is 130 cm³/mol. The summed E-state index contributed by atoms with van der Waals surface area (Å²) in [6, 6.07) is 26.8. The summed E-state index contributed by atoms with van der Waals surface area (Å²) >= 11 is 1.38. The van der Waals surface area contributed by atoms with Crippen LogP contribution in [0.2, 0.25) is 0 Å². The molecule has 1 aromatic heterocycles.